The summed E-state index contributed by atoms with van der Waals surface area (Å²) in [7, 11) is 0. The van der Waals surface area contributed by atoms with E-state index in [2.05, 4.69) is 18.8 Å². The van der Waals surface area contributed by atoms with Crippen molar-refractivity contribution >= 4 is 5.97 Å². The van der Waals surface area contributed by atoms with Gasteiger partial charge in [0.25, 0.3) is 0 Å². The Bertz CT molecular complexity index is 564. The van der Waals surface area contributed by atoms with Gasteiger partial charge in [-0.2, -0.15) is 5.90 Å². The molecule has 1 unspecified atom stereocenters. The fourth-order valence-electron chi connectivity index (χ4n) is 3.71. The van der Waals surface area contributed by atoms with Gasteiger partial charge in [-0.15, -0.1) is 0 Å². The number of hydrogen-bond acceptors (Lipinski definition) is 4. The molecule has 6 nitrogen and oxygen atoms in total. The number of allylic oxidation sites excluding steroid dienone is 2. The van der Waals surface area contributed by atoms with Crippen LogP contribution in [0.3, 0.4) is 0 Å². The Kier molecular flexibility index (Phi) is 6.43. The van der Waals surface area contributed by atoms with Gasteiger partial charge in [-0.3, -0.25) is 4.79 Å². The van der Waals surface area contributed by atoms with Crippen molar-refractivity contribution in [2.75, 3.05) is 0 Å². The number of hydrogen-bond donors (Lipinski definition) is 2. The SMILES string of the molecule is CC1(C)CCCC(C(Cn2ccnc2)=C(CCCC(=O)O)ON)C1. The van der Waals surface area contributed by atoms with Gasteiger partial charge in [0.05, 0.1) is 6.33 Å². The van der Waals surface area contributed by atoms with Gasteiger partial charge >= 0.3 is 5.97 Å². The third kappa shape index (κ3) is 5.37. The molecule has 0 bridgehead atoms. The summed E-state index contributed by atoms with van der Waals surface area (Å²) >= 11 is 0. The lowest BCUT2D eigenvalue weighted by Crippen LogP contribution is -2.26. The van der Waals surface area contributed by atoms with E-state index in [4.69, 9.17) is 15.8 Å². The van der Waals surface area contributed by atoms with Gasteiger partial charge in [-0.1, -0.05) is 20.3 Å². The van der Waals surface area contributed by atoms with Crippen LogP contribution in [0.5, 0.6) is 0 Å². The summed E-state index contributed by atoms with van der Waals surface area (Å²) in [5.41, 5.74) is 1.50. The Morgan fingerprint density at radius 2 is 2.25 bits per heavy atom. The smallest absolute Gasteiger partial charge is 0.303 e. The second-order valence-electron chi connectivity index (χ2n) is 7.51. The molecule has 0 aliphatic heterocycles. The van der Waals surface area contributed by atoms with Crippen molar-refractivity contribution in [3.05, 3.63) is 30.1 Å². The van der Waals surface area contributed by atoms with Crippen molar-refractivity contribution in [1.29, 1.82) is 0 Å². The third-order valence-electron chi connectivity index (χ3n) is 4.90. The van der Waals surface area contributed by atoms with Crippen LogP contribution in [-0.4, -0.2) is 20.6 Å². The average Bonchev–Trinajstić information content (AvgIpc) is 3.01. The molecule has 1 saturated carbocycles. The van der Waals surface area contributed by atoms with Crippen LogP contribution in [0.25, 0.3) is 0 Å². The van der Waals surface area contributed by atoms with Gasteiger partial charge in [0.1, 0.15) is 5.76 Å². The summed E-state index contributed by atoms with van der Waals surface area (Å²) in [6, 6.07) is 0. The van der Waals surface area contributed by atoms with E-state index in [1.54, 1.807) is 12.5 Å². The highest BCUT2D eigenvalue weighted by atomic mass is 16.6. The molecule has 0 spiro atoms. The maximum Gasteiger partial charge on any atom is 0.303 e. The Hall–Kier alpha value is -1.82. The quantitative estimate of drug-likeness (QED) is 0.560. The molecule has 0 aromatic carbocycles. The van der Waals surface area contributed by atoms with E-state index in [1.165, 1.54) is 18.4 Å². The lowest BCUT2D eigenvalue weighted by molar-refractivity contribution is -0.137. The molecule has 24 heavy (non-hydrogen) atoms. The molecule has 1 atom stereocenters. The number of carbonyl (C=O) groups is 1. The molecule has 1 aromatic heterocycles. The first kappa shape index (κ1) is 18.5. The predicted molar refractivity (Wildman–Crippen MR) is 91.8 cm³/mol. The summed E-state index contributed by atoms with van der Waals surface area (Å²) < 4.78 is 2.02. The Balaban J connectivity index is 2.22. The maximum atomic E-state index is 10.8. The Labute approximate surface area is 143 Å². The van der Waals surface area contributed by atoms with Crippen LogP contribution >= 0.6 is 0 Å². The maximum absolute atomic E-state index is 10.8. The van der Waals surface area contributed by atoms with Gasteiger partial charge in [-0.05, 0) is 42.6 Å². The Morgan fingerprint density at radius 1 is 1.46 bits per heavy atom. The third-order valence-corrected chi connectivity index (χ3v) is 4.90. The second kappa shape index (κ2) is 8.33. The fourth-order valence-corrected chi connectivity index (χ4v) is 3.71. The Morgan fingerprint density at radius 3 is 2.83 bits per heavy atom. The normalized spacial score (nSPS) is 21.2. The number of imidazole rings is 1. The number of rotatable bonds is 8. The number of carboxylic acids is 1. The highest BCUT2D eigenvalue weighted by Gasteiger charge is 2.31. The highest BCUT2D eigenvalue weighted by molar-refractivity contribution is 5.66. The topological polar surface area (TPSA) is 90.4 Å². The molecule has 2 rings (SSSR count). The van der Waals surface area contributed by atoms with Crippen LogP contribution < -0.4 is 5.90 Å². The van der Waals surface area contributed by atoms with E-state index in [0.29, 0.717) is 30.7 Å². The molecule has 1 fully saturated rings. The summed E-state index contributed by atoms with van der Waals surface area (Å²) in [6.07, 6.45) is 11.4. The molecular weight excluding hydrogens is 306 g/mol. The number of aliphatic carboxylic acids is 1. The lowest BCUT2D eigenvalue weighted by atomic mass is 9.69. The molecular formula is C18H29N3O3. The first-order valence-electron chi connectivity index (χ1n) is 8.67. The zero-order valence-corrected chi connectivity index (χ0v) is 14.7. The van der Waals surface area contributed by atoms with Crippen molar-refractivity contribution in [1.82, 2.24) is 9.55 Å². The van der Waals surface area contributed by atoms with E-state index in [1.807, 2.05) is 10.8 Å². The van der Waals surface area contributed by atoms with Crippen LogP contribution in [0.2, 0.25) is 0 Å². The second-order valence-corrected chi connectivity index (χ2v) is 7.51. The average molecular weight is 335 g/mol. The first-order valence-corrected chi connectivity index (χ1v) is 8.67. The van der Waals surface area contributed by atoms with Crippen molar-refractivity contribution in [3.63, 3.8) is 0 Å². The minimum absolute atomic E-state index is 0.126. The van der Waals surface area contributed by atoms with Gasteiger partial charge < -0.3 is 14.5 Å². The molecule has 134 valence electrons. The summed E-state index contributed by atoms with van der Waals surface area (Å²) in [4.78, 5) is 20.1. The zero-order valence-electron chi connectivity index (χ0n) is 14.7. The minimum atomic E-state index is -0.790. The van der Waals surface area contributed by atoms with Crippen molar-refractivity contribution in [3.8, 4) is 0 Å². The van der Waals surface area contributed by atoms with E-state index >= 15 is 0 Å². The van der Waals surface area contributed by atoms with Gasteiger partial charge in [0.2, 0.25) is 0 Å². The molecule has 1 aliphatic carbocycles. The molecule has 0 amide bonds. The predicted octanol–water partition coefficient (Wildman–Crippen LogP) is 3.50. The van der Waals surface area contributed by atoms with Crippen LogP contribution in [0.4, 0.5) is 0 Å². The molecule has 6 heteroatoms. The molecule has 1 aromatic rings. The highest BCUT2D eigenvalue weighted by Crippen LogP contribution is 2.43. The van der Waals surface area contributed by atoms with Gasteiger partial charge in [0.15, 0.2) is 0 Å². The van der Waals surface area contributed by atoms with Crippen molar-refractivity contribution in [2.45, 2.75) is 65.3 Å². The van der Waals surface area contributed by atoms with Gasteiger partial charge in [0, 0.05) is 31.8 Å². The van der Waals surface area contributed by atoms with Crippen molar-refractivity contribution in [2.24, 2.45) is 17.2 Å². The summed E-state index contributed by atoms with van der Waals surface area (Å²) in [6.45, 7) is 5.31. The molecule has 0 radical (unpaired) electrons. The van der Waals surface area contributed by atoms with E-state index in [-0.39, 0.29) is 6.42 Å². The van der Waals surface area contributed by atoms with E-state index in [9.17, 15) is 4.79 Å². The van der Waals surface area contributed by atoms with Crippen LogP contribution in [0.15, 0.2) is 30.1 Å². The number of nitrogens with zero attached hydrogens (tertiary/aromatic N) is 2. The minimum Gasteiger partial charge on any atom is -0.481 e. The molecule has 0 saturated heterocycles. The zero-order chi connectivity index (χ0) is 17.6. The van der Waals surface area contributed by atoms with E-state index < -0.39 is 5.97 Å². The number of carboxylic acid groups (broad SMARTS) is 1. The van der Waals surface area contributed by atoms with E-state index in [0.717, 1.165) is 18.6 Å². The molecule has 3 N–H and O–H groups in total. The summed E-state index contributed by atoms with van der Waals surface area (Å²) in [5.74, 6) is 5.93. The number of nitrogens with two attached hydrogens (primary N) is 1. The van der Waals surface area contributed by atoms with Crippen molar-refractivity contribution < 1.29 is 14.7 Å². The molecule has 1 heterocycles. The van der Waals surface area contributed by atoms with Crippen LogP contribution in [-0.2, 0) is 16.2 Å². The largest absolute Gasteiger partial charge is 0.481 e. The summed E-state index contributed by atoms with van der Waals surface area (Å²) in [5, 5.41) is 8.86. The van der Waals surface area contributed by atoms with Crippen LogP contribution in [0, 0.1) is 11.3 Å². The van der Waals surface area contributed by atoms with Gasteiger partial charge in [-0.25, -0.2) is 4.98 Å². The van der Waals surface area contributed by atoms with Crippen LogP contribution in [0.1, 0.15) is 58.8 Å². The monoisotopic (exact) mass is 335 g/mol. The standard InChI is InChI=1S/C18H29N3O3/c1-18(2)8-4-5-14(11-18)15(12-21-10-9-20-13-21)16(24-19)6-3-7-17(22)23/h9-10,13-14H,3-8,11-12,19H2,1-2H3,(H,22,23). The number of aromatic nitrogens is 2. The first-order chi connectivity index (χ1) is 11.4. The molecule has 1 aliphatic rings. The lowest BCUT2D eigenvalue weighted by Gasteiger charge is -2.37. The fraction of sp³-hybridized carbons (Fsp3) is 0.667.